The number of ether oxygens (including phenoxy) is 2. The third-order valence-corrected chi connectivity index (χ3v) is 6.13. The van der Waals surface area contributed by atoms with Crippen molar-refractivity contribution >= 4 is 28.5 Å². The number of nitrogens with zero attached hydrogens (tertiary/aromatic N) is 3. The van der Waals surface area contributed by atoms with Gasteiger partial charge in [0.15, 0.2) is 11.3 Å². The summed E-state index contributed by atoms with van der Waals surface area (Å²) in [6.45, 7) is 5.94. The lowest BCUT2D eigenvalue weighted by Crippen LogP contribution is -2.43. The molecule has 1 aromatic carbocycles. The lowest BCUT2D eigenvalue weighted by Gasteiger charge is -2.41. The van der Waals surface area contributed by atoms with Crippen LogP contribution >= 0.6 is 11.8 Å². The van der Waals surface area contributed by atoms with Crippen LogP contribution in [0.25, 0.3) is 0 Å². The first-order valence-corrected chi connectivity index (χ1v) is 11.0. The van der Waals surface area contributed by atoms with Crippen LogP contribution in [0, 0.1) is 18.2 Å². The number of rotatable bonds is 7. The molecule has 1 amide bonds. The van der Waals surface area contributed by atoms with Crippen LogP contribution in [0.15, 0.2) is 35.6 Å². The van der Waals surface area contributed by atoms with E-state index in [1.165, 1.54) is 36.3 Å². The second-order valence-corrected chi connectivity index (χ2v) is 9.81. The summed E-state index contributed by atoms with van der Waals surface area (Å²) >= 11 is 1.41. The Labute approximate surface area is 196 Å². The molecule has 0 unspecified atom stereocenters. The molecule has 3 rings (SSSR count). The maximum Gasteiger partial charge on any atom is 0.275 e. The van der Waals surface area contributed by atoms with Gasteiger partial charge in [-0.2, -0.15) is 0 Å². The van der Waals surface area contributed by atoms with Crippen LogP contribution in [0.5, 0.6) is 5.88 Å². The number of amides is 1. The maximum absolute atomic E-state index is 14.9. The number of benzene rings is 1. The molecule has 0 saturated carbocycles. The Morgan fingerprint density at radius 1 is 1.39 bits per heavy atom. The van der Waals surface area contributed by atoms with E-state index in [1.807, 2.05) is 13.8 Å². The van der Waals surface area contributed by atoms with Crippen molar-refractivity contribution in [3.05, 3.63) is 47.7 Å². The Morgan fingerprint density at radius 2 is 2.15 bits per heavy atom. The highest BCUT2D eigenvalue weighted by atomic mass is 32.2. The molecule has 2 aromatic rings. The lowest BCUT2D eigenvalue weighted by atomic mass is 9.83. The number of hydrogen-bond donors (Lipinski definition) is 2. The molecule has 0 saturated heterocycles. The average Bonchev–Trinajstić information content (AvgIpc) is 2.74. The van der Waals surface area contributed by atoms with E-state index in [0.29, 0.717) is 29.4 Å². The Morgan fingerprint density at radius 3 is 2.79 bits per heavy atom. The largest absolute Gasteiger partial charge is 0.460 e. The van der Waals surface area contributed by atoms with E-state index < -0.39 is 23.4 Å². The highest BCUT2D eigenvalue weighted by Gasteiger charge is 2.43. The molecule has 0 radical (unpaired) electrons. The lowest BCUT2D eigenvalue weighted by molar-refractivity contribution is 0.102. The molecule has 0 aliphatic carbocycles. The number of terminal acetylenes is 1. The van der Waals surface area contributed by atoms with Crippen LogP contribution in [0.1, 0.15) is 43.2 Å². The Bertz CT molecular complexity index is 1100. The predicted octanol–water partition coefficient (Wildman–Crippen LogP) is 3.34. The first-order valence-electron chi connectivity index (χ1n) is 10.2. The zero-order chi connectivity index (χ0) is 24.2. The normalized spacial score (nSPS) is 23.2. The third kappa shape index (κ3) is 5.80. The van der Waals surface area contributed by atoms with E-state index in [-0.39, 0.29) is 16.3 Å². The number of aromatic nitrogens is 2. The van der Waals surface area contributed by atoms with Crippen molar-refractivity contribution in [3.8, 4) is 18.2 Å². The second-order valence-electron chi connectivity index (χ2n) is 8.20. The molecule has 33 heavy (non-hydrogen) atoms. The van der Waals surface area contributed by atoms with Crippen LogP contribution < -0.4 is 15.8 Å². The summed E-state index contributed by atoms with van der Waals surface area (Å²) in [5.41, 5.74) is 5.93. The zero-order valence-electron chi connectivity index (χ0n) is 18.9. The first-order chi connectivity index (χ1) is 15.6. The molecule has 3 atom stereocenters. The number of aliphatic imine (C=N–C) groups is 1. The topological polar surface area (TPSA) is 112 Å². The first kappa shape index (κ1) is 24.5. The second kappa shape index (κ2) is 9.77. The van der Waals surface area contributed by atoms with Crippen molar-refractivity contribution in [1.29, 1.82) is 0 Å². The number of hydrogen-bond acceptors (Lipinski definition) is 8. The Hall–Kier alpha value is -3.16. The van der Waals surface area contributed by atoms with Gasteiger partial charge >= 0.3 is 0 Å². The number of carbonyl (C=O) groups excluding carboxylic acids is 1. The summed E-state index contributed by atoms with van der Waals surface area (Å²) in [5.74, 6) is 1.67. The van der Waals surface area contributed by atoms with E-state index in [2.05, 4.69) is 26.2 Å². The number of nitrogens with one attached hydrogen (secondary N) is 1. The molecular weight excluding hydrogens is 445 g/mol. The van der Waals surface area contributed by atoms with Gasteiger partial charge < -0.3 is 20.5 Å². The summed E-state index contributed by atoms with van der Waals surface area (Å²) in [6, 6.07) is 4.33. The fourth-order valence-electron chi connectivity index (χ4n) is 3.78. The van der Waals surface area contributed by atoms with Crippen LogP contribution in [0.2, 0.25) is 0 Å². The van der Waals surface area contributed by atoms with Crippen LogP contribution in [0.4, 0.5) is 10.1 Å². The number of halogens is 1. The highest BCUT2D eigenvalue weighted by Crippen LogP contribution is 2.46. The minimum atomic E-state index is -0.931. The molecule has 3 N–H and O–H groups in total. The number of methoxy groups -OCH3 is 1. The summed E-state index contributed by atoms with van der Waals surface area (Å²) in [6.07, 6.45) is 7.88. The SMILES string of the molecule is C#C[C@@H](C)Oc1cnc(C(=O)Nc2ccc(F)c([C@]3(C)C[C@](C)(COC)SC(N)=N3)c2)cn1. The summed E-state index contributed by atoms with van der Waals surface area (Å²) in [5, 5.41) is 3.08. The van der Waals surface area contributed by atoms with Gasteiger partial charge in [-0.25, -0.2) is 14.4 Å². The van der Waals surface area contributed by atoms with Gasteiger partial charge in [0.25, 0.3) is 5.91 Å². The van der Waals surface area contributed by atoms with E-state index in [9.17, 15) is 9.18 Å². The molecule has 8 nitrogen and oxygen atoms in total. The fraction of sp³-hybridized carbons (Fsp3) is 0.391. The van der Waals surface area contributed by atoms with Crippen LogP contribution in [-0.4, -0.2) is 45.6 Å². The number of thioether (sulfide) groups is 1. The standard InChI is InChI=1S/C23H26FN5O3S/c1-6-14(2)32-19-11-26-18(10-27-19)20(30)28-15-7-8-17(24)16(9-15)23(4)12-22(3,13-31-5)33-21(25)29-23/h1,7-11,14H,12-13H2,2-5H3,(H2,25,29)(H,28,30)/t14-,22-,23+/m1/s1. The maximum atomic E-state index is 14.9. The van der Waals surface area contributed by atoms with Crippen LogP contribution in [0.3, 0.4) is 0 Å². The molecule has 0 fully saturated rings. The zero-order valence-corrected chi connectivity index (χ0v) is 19.7. The van der Waals surface area contributed by atoms with Gasteiger partial charge in [0.1, 0.15) is 11.5 Å². The molecule has 1 aromatic heterocycles. The molecule has 10 heteroatoms. The van der Waals surface area contributed by atoms with Gasteiger partial charge in [0.05, 0.1) is 24.5 Å². The number of carbonyl (C=O) groups is 1. The molecular formula is C23H26FN5O3S. The smallest absolute Gasteiger partial charge is 0.275 e. The van der Waals surface area contributed by atoms with Crippen LogP contribution in [-0.2, 0) is 10.3 Å². The molecule has 0 spiro atoms. The summed E-state index contributed by atoms with van der Waals surface area (Å²) in [4.78, 5) is 25.3. The van der Waals surface area contributed by atoms with Gasteiger partial charge in [0.2, 0.25) is 5.88 Å². The van der Waals surface area contributed by atoms with Crippen molar-refractivity contribution in [2.24, 2.45) is 10.7 Å². The molecule has 0 bridgehead atoms. The third-order valence-electron chi connectivity index (χ3n) is 5.07. The Kier molecular flexibility index (Phi) is 7.25. The van der Waals surface area contributed by atoms with Gasteiger partial charge in [-0.1, -0.05) is 17.7 Å². The number of nitrogens with two attached hydrogens (primary N) is 1. The van der Waals surface area contributed by atoms with Crippen molar-refractivity contribution in [3.63, 3.8) is 0 Å². The molecule has 2 heterocycles. The Balaban J connectivity index is 1.82. The van der Waals surface area contributed by atoms with E-state index in [1.54, 1.807) is 20.1 Å². The average molecular weight is 472 g/mol. The minimum absolute atomic E-state index is 0.0665. The highest BCUT2D eigenvalue weighted by molar-refractivity contribution is 8.15. The number of anilines is 1. The number of amidine groups is 1. The van der Waals surface area contributed by atoms with Gasteiger partial charge in [0, 0.05) is 23.1 Å². The van der Waals surface area contributed by atoms with Gasteiger partial charge in [-0.3, -0.25) is 9.79 Å². The van der Waals surface area contributed by atoms with E-state index >= 15 is 0 Å². The van der Waals surface area contributed by atoms with Crippen molar-refractivity contribution < 1.29 is 18.7 Å². The quantitative estimate of drug-likeness (QED) is 0.596. The minimum Gasteiger partial charge on any atom is -0.460 e. The van der Waals surface area contributed by atoms with E-state index in [0.717, 1.165) is 0 Å². The van der Waals surface area contributed by atoms with Gasteiger partial charge in [-0.15, -0.1) is 6.42 Å². The summed E-state index contributed by atoms with van der Waals surface area (Å²) < 4.78 is 25.2. The molecule has 174 valence electrons. The van der Waals surface area contributed by atoms with Crippen molar-refractivity contribution in [1.82, 2.24) is 9.97 Å². The summed E-state index contributed by atoms with van der Waals surface area (Å²) in [7, 11) is 1.61. The van der Waals surface area contributed by atoms with E-state index in [4.69, 9.17) is 21.6 Å². The van der Waals surface area contributed by atoms with Gasteiger partial charge in [-0.05, 0) is 45.4 Å². The monoisotopic (exact) mass is 471 g/mol. The fourth-order valence-corrected chi connectivity index (χ4v) is 5.07. The van der Waals surface area contributed by atoms with Crippen molar-refractivity contribution in [2.45, 2.75) is 43.6 Å². The molecule has 1 aliphatic rings. The predicted molar refractivity (Wildman–Crippen MR) is 127 cm³/mol. The molecule has 1 aliphatic heterocycles. The van der Waals surface area contributed by atoms with Crippen molar-refractivity contribution in [2.75, 3.05) is 19.0 Å².